The largest absolute Gasteiger partial charge is 0.496 e. The van der Waals surface area contributed by atoms with E-state index in [1.165, 1.54) is 19.2 Å². The predicted octanol–water partition coefficient (Wildman–Crippen LogP) is 6.17. The molecular weight excluding hydrogens is 434 g/mol. The number of piperidine rings is 1. The minimum Gasteiger partial charge on any atom is -0.496 e. The van der Waals surface area contributed by atoms with Gasteiger partial charge in [0.25, 0.3) is 0 Å². The maximum absolute atomic E-state index is 14.9. The van der Waals surface area contributed by atoms with Gasteiger partial charge in [-0.2, -0.15) is 18.4 Å². The molecule has 8 heteroatoms. The van der Waals surface area contributed by atoms with E-state index in [1.54, 1.807) is 30.5 Å². The zero-order valence-corrected chi connectivity index (χ0v) is 17.9. The van der Waals surface area contributed by atoms with Crippen molar-refractivity contribution in [1.82, 2.24) is 4.98 Å². The molecule has 0 bridgehead atoms. The maximum Gasteiger partial charge on any atom is 0.416 e. The fraction of sp³-hybridized carbons (Fsp3) is 0.280. The molecule has 2 heterocycles. The van der Waals surface area contributed by atoms with E-state index in [2.05, 4.69) is 4.98 Å². The Morgan fingerprint density at radius 2 is 1.82 bits per heavy atom. The van der Waals surface area contributed by atoms with Crippen molar-refractivity contribution < 1.29 is 22.3 Å². The van der Waals surface area contributed by atoms with Crippen LogP contribution in [0.4, 0.5) is 23.2 Å². The third kappa shape index (κ3) is 4.63. The van der Waals surface area contributed by atoms with Crippen molar-refractivity contribution in [3.63, 3.8) is 0 Å². The van der Waals surface area contributed by atoms with Crippen LogP contribution < -0.4 is 9.64 Å². The molecule has 4 rings (SSSR count). The van der Waals surface area contributed by atoms with Crippen LogP contribution in [0, 0.1) is 17.1 Å². The van der Waals surface area contributed by atoms with Crippen LogP contribution in [0.25, 0.3) is 11.3 Å². The Bertz CT molecular complexity index is 1190. The number of ether oxygens (including phenoxy) is 1. The first kappa shape index (κ1) is 22.6. The molecule has 1 saturated heterocycles. The van der Waals surface area contributed by atoms with Crippen molar-refractivity contribution in [1.29, 1.82) is 5.26 Å². The highest BCUT2D eigenvalue weighted by atomic mass is 19.4. The number of pyridine rings is 1. The second-order valence-corrected chi connectivity index (χ2v) is 7.90. The summed E-state index contributed by atoms with van der Waals surface area (Å²) in [6.45, 7) is 1.08. The van der Waals surface area contributed by atoms with Gasteiger partial charge in [-0.05, 0) is 60.7 Å². The van der Waals surface area contributed by atoms with Gasteiger partial charge in [-0.3, -0.25) is 4.98 Å². The van der Waals surface area contributed by atoms with Crippen LogP contribution in [0.15, 0.2) is 54.7 Å². The van der Waals surface area contributed by atoms with E-state index in [1.807, 2.05) is 11.0 Å². The normalized spacial score (nSPS) is 14.7. The minimum absolute atomic E-state index is 0.00264. The molecule has 3 aromatic rings. The quantitative estimate of drug-likeness (QED) is 0.442. The number of rotatable bonds is 4. The molecule has 170 valence electrons. The molecule has 1 aliphatic heterocycles. The van der Waals surface area contributed by atoms with Crippen molar-refractivity contribution in [2.24, 2.45) is 0 Å². The number of hydrogen-bond donors (Lipinski definition) is 0. The van der Waals surface area contributed by atoms with Crippen molar-refractivity contribution >= 4 is 5.69 Å². The third-order valence-corrected chi connectivity index (χ3v) is 5.98. The molecule has 0 N–H and O–H groups in total. The van der Waals surface area contributed by atoms with Gasteiger partial charge in [0, 0.05) is 24.8 Å². The second kappa shape index (κ2) is 9.10. The van der Waals surface area contributed by atoms with Crippen molar-refractivity contribution in [3.05, 3.63) is 77.2 Å². The molecular formula is C25H21F4N3O. The predicted molar refractivity (Wildman–Crippen MR) is 117 cm³/mol. The molecule has 1 aromatic heterocycles. The van der Waals surface area contributed by atoms with Crippen molar-refractivity contribution in [3.8, 4) is 23.1 Å². The lowest BCUT2D eigenvalue weighted by molar-refractivity contribution is -0.137. The van der Waals surface area contributed by atoms with Gasteiger partial charge in [0.15, 0.2) is 0 Å². The fourth-order valence-corrected chi connectivity index (χ4v) is 4.25. The highest BCUT2D eigenvalue weighted by molar-refractivity contribution is 5.67. The highest BCUT2D eigenvalue weighted by Gasteiger charge is 2.32. The lowest BCUT2D eigenvalue weighted by Gasteiger charge is -2.34. The monoisotopic (exact) mass is 455 g/mol. The van der Waals surface area contributed by atoms with Crippen LogP contribution in [0.2, 0.25) is 0 Å². The maximum atomic E-state index is 14.9. The number of methoxy groups -OCH3 is 1. The zero-order chi connectivity index (χ0) is 23.6. The van der Waals surface area contributed by atoms with E-state index in [-0.39, 0.29) is 17.2 Å². The number of halogens is 4. The Morgan fingerprint density at radius 1 is 1.09 bits per heavy atom. The standard InChI is InChI=1S/C25H21F4N3O/c1-33-23-5-3-2-4-20(23)24-21(26)13-18(15-31-24)16-8-10-32(11-9-16)22-7-6-19(25(27,28)29)12-17(22)14-30/h2-7,12-13,15-16H,8-11H2,1H3. The summed E-state index contributed by atoms with van der Waals surface area (Å²) in [5.41, 5.74) is 1.22. The molecule has 0 amide bonds. The molecule has 0 atom stereocenters. The minimum atomic E-state index is -4.50. The van der Waals surface area contributed by atoms with Crippen LogP contribution in [-0.2, 0) is 6.18 Å². The van der Waals surface area contributed by atoms with E-state index in [0.717, 1.165) is 17.7 Å². The van der Waals surface area contributed by atoms with Gasteiger partial charge in [-0.1, -0.05) is 12.1 Å². The Morgan fingerprint density at radius 3 is 2.45 bits per heavy atom. The summed E-state index contributed by atoms with van der Waals surface area (Å²) < 4.78 is 59.1. The number of para-hydroxylation sites is 1. The van der Waals surface area contributed by atoms with Gasteiger partial charge in [0.05, 0.1) is 23.9 Å². The molecule has 0 spiro atoms. The summed E-state index contributed by atoms with van der Waals surface area (Å²) in [6.07, 6.45) is -1.49. The lowest BCUT2D eigenvalue weighted by Crippen LogP contribution is -2.33. The van der Waals surface area contributed by atoms with Gasteiger partial charge in [-0.25, -0.2) is 4.39 Å². The van der Waals surface area contributed by atoms with Gasteiger partial charge in [-0.15, -0.1) is 0 Å². The number of benzene rings is 2. The molecule has 0 unspecified atom stereocenters. The number of nitriles is 1. The van der Waals surface area contributed by atoms with E-state index < -0.39 is 17.6 Å². The molecule has 0 saturated carbocycles. The van der Waals surface area contributed by atoms with Gasteiger partial charge >= 0.3 is 6.18 Å². The summed E-state index contributed by atoms with van der Waals surface area (Å²) in [6, 6.07) is 13.7. The van der Waals surface area contributed by atoms with Gasteiger partial charge in [0.1, 0.15) is 23.3 Å². The summed E-state index contributed by atoms with van der Waals surface area (Å²) in [5.74, 6) is 0.165. The number of anilines is 1. The number of hydrogen-bond acceptors (Lipinski definition) is 4. The number of alkyl halides is 3. The molecule has 0 aliphatic carbocycles. The molecule has 1 fully saturated rings. The number of aromatic nitrogens is 1. The zero-order valence-electron chi connectivity index (χ0n) is 17.9. The third-order valence-electron chi connectivity index (χ3n) is 5.98. The smallest absolute Gasteiger partial charge is 0.416 e. The molecule has 1 aliphatic rings. The van der Waals surface area contributed by atoms with Gasteiger partial charge in [0.2, 0.25) is 0 Å². The van der Waals surface area contributed by atoms with E-state index >= 15 is 0 Å². The first-order valence-electron chi connectivity index (χ1n) is 10.5. The topological polar surface area (TPSA) is 49.1 Å². The van der Waals surface area contributed by atoms with Crippen LogP contribution in [0.5, 0.6) is 5.75 Å². The molecule has 2 aromatic carbocycles. The molecule has 33 heavy (non-hydrogen) atoms. The highest BCUT2D eigenvalue weighted by Crippen LogP contribution is 2.37. The van der Waals surface area contributed by atoms with Crippen molar-refractivity contribution in [2.45, 2.75) is 24.9 Å². The summed E-state index contributed by atoms with van der Waals surface area (Å²) >= 11 is 0. The second-order valence-electron chi connectivity index (χ2n) is 7.90. The first-order chi connectivity index (χ1) is 15.8. The van der Waals surface area contributed by atoms with Gasteiger partial charge < -0.3 is 9.64 Å². The average molecular weight is 455 g/mol. The van der Waals surface area contributed by atoms with Crippen LogP contribution in [0.3, 0.4) is 0 Å². The SMILES string of the molecule is COc1ccccc1-c1ncc(C2CCN(c3ccc(C(F)(F)F)cc3C#N)CC2)cc1F. The van der Waals surface area contributed by atoms with E-state index in [9.17, 15) is 22.8 Å². The number of nitrogens with zero attached hydrogens (tertiary/aromatic N) is 3. The Hall–Kier alpha value is -3.60. The summed E-state index contributed by atoms with van der Waals surface area (Å²) in [4.78, 5) is 6.26. The Balaban J connectivity index is 1.50. The van der Waals surface area contributed by atoms with Crippen LogP contribution >= 0.6 is 0 Å². The fourth-order valence-electron chi connectivity index (χ4n) is 4.25. The molecule has 0 radical (unpaired) electrons. The lowest BCUT2D eigenvalue weighted by atomic mass is 9.89. The molecule has 4 nitrogen and oxygen atoms in total. The van der Waals surface area contributed by atoms with E-state index in [0.29, 0.717) is 42.9 Å². The van der Waals surface area contributed by atoms with Crippen LogP contribution in [0.1, 0.15) is 35.4 Å². The van der Waals surface area contributed by atoms with Crippen LogP contribution in [-0.4, -0.2) is 25.2 Å². The summed E-state index contributed by atoms with van der Waals surface area (Å²) in [5, 5.41) is 9.35. The van der Waals surface area contributed by atoms with Crippen molar-refractivity contribution in [2.75, 3.05) is 25.1 Å². The average Bonchev–Trinajstić information content (AvgIpc) is 2.83. The Kier molecular flexibility index (Phi) is 6.23. The first-order valence-corrected chi connectivity index (χ1v) is 10.5. The Labute approximate surface area is 189 Å². The summed E-state index contributed by atoms with van der Waals surface area (Å²) in [7, 11) is 1.52. The van der Waals surface area contributed by atoms with E-state index in [4.69, 9.17) is 4.74 Å².